The molecule has 0 unspecified atom stereocenters. The van der Waals surface area contributed by atoms with Crippen molar-refractivity contribution in [2.75, 3.05) is 20.3 Å². The Balaban J connectivity index is 0. The van der Waals surface area contributed by atoms with Gasteiger partial charge in [0.25, 0.3) is 0 Å². The summed E-state index contributed by atoms with van der Waals surface area (Å²) in [5.74, 6) is 0.603. The number of carbonyl (C=O) groups excluding carboxylic acids is 1. The van der Waals surface area contributed by atoms with Crippen molar-refractivity contribution in [1.82, 2.24) is 0 Å². The van der Waals surface area contributed by atoms with Gasteiger partial charge in [0.15, 0.2) is 0 Å². The van der Waals surface area contributed by atoms with Gasteiger partial charge in [-0.25, -0.2) is 0 Å². The van der Waals surface area contributed by atoms with Crippen LogP contribution in [0.25, 0.3) is 0 Å². The van der Waals surface area contributed by atoms with Gasteiger partial charge in [0.1, 0.15) is 0 Å². The molecule has 0 amide bonds. The van der Waals surface area contributed by atoms with Crippen LogP contribution in [0.15, 0.2) is 0 Å². The number of carbonyl (C=O) groups is 1. The normalized spacial score (nSPS) is 9.08. The predicted molar refractivity (Wildman–Crippen MR) is 53.6 cm³/mol. The first-order chi connectivity index (χ1) is 6.00. The molecule has 0 radical (unpaired) electrons. The Bertz CT molecular complexity index is 108. The van der Waals surface area contributed by atoms with E-state index in [4.69, 9.17) is 4.74 Å². The summed E-state index contributed by atoms with van der Waals surface area (Å²) in [6.07, 6.45) is 0.774. The lowest BCUT2D eigenvalue weighted by Gasteiger charge is -1.98. The first kappa shape index (κ1) is 14.9. The average molecular weight is 190 g/mol. The molecule has 0 aromatic rings. The van der Waals surface area contributed by atoms with E-state index in [0.29, 0.717) is 13.2 Å². The van der Waals surface area contributed by atoms with Gasteiger partial charge >= 0.3 is 5.97 Å². The number of hydrogen-bond donors (Lipinski definition) is 0. The maximum Gasteiger partial charge on any atom is 0.302 e. The van der Waals surface area contributed by atoms with Gasteiger partial charge in [-0.3, -0.25) is 4.79 Å². The molecule has 0 saturated carbocycles. The van der Waals surface area contributed by atoms with Crippen LogP contribution in [0.1, 0.15) is 34.1 Å². The summed E-state index contributed by atoms with van der Waals surface area (Å²) in [6, 6.07) is 0. The van der Waals surface area contributed by atoms with E-state index in [-0.39, 0.29) is 5.97 Å². The van der Waals surface area contributed by atoms with Crippen LogP contribution >= 0.6 is 0 Å². The number of ether oxygens (including phenoxy) is 2. The molecule has 13 heavy (non-hydrogen) atoms. The van der Waals surface area contributed by atoms with Crippen LogP contribution in [-0.2, 0) is 14.3 Å². The fraction of sp³-hybridized carbons (Fsp3) is 0.900. The van der Waals surface area contributed by atoms with Crippen molar-refractivity contribution in [3.63, 3.8) is 0 Å². The summed E-state index contributed by atoms with van der Waals surface area (Å²) in [5.41, 5.74) is 0. The topological polar surface area (TPSA) is 35.5 Å². The van der Waals surface area contributed by atoms with E-state index >= 15 is 0 Å². The van der Waals surface area contributed by atoms with E-state index in [9.17, 15) is 4.79 Å². The quantitative estimate of drug-likeness (QED) is 0.504. The van der Waals surface area contributed by atoms with Crippen LogP contribution in [-0.4, -0.2) is 26.3 Å². The monoisotopic (exact) mass is 190 g/mol. The van der Waals surface area contributed by atoms with Crippen molar-refractivity contribution in [3.05, 3.63) is 0 Å². The second kappa shape index (κ2) is 11.4. The molecular formula is C10H22O3. The van der Waals surface area contributed by atoms with Gasteiger partial charge in [0, 0.05) is 27.1 Å². The number of methoxy groups -OCH3 is 1. The van der Waals surface area contributed by atoms with Crippen molar-refractivity contribution in [3.8, 4) is 0 Å². The van der Waals surface area contributed by atoms with Gasteiger partial charge in [-0.2, -0.15) is 0 Å². The minimum absolute atomic E-state index is 0.230. The molecule has 3 nitrogen and oxygen atoms in total. The van der Waals surface area contributed by atoms with Gasteiger partial charge in [0.2, 0.25) is 0 Å². The Labute approximate surface area is 81.4 Å². The van der Waals surface area contributed by atoms with E-state index in [1.54, 1.807) is 7.11 Å². The Morgan fingerprint density at radius 3 is 2.00 bits per heavy atom. The van der Waals surface area contributed by atoms with Crippen LogP contribution in [0, 0.1) is 5.92 Å². The lowest BCUT2D eigenvalue weighted by atomic mass is 10.3. The first-order valence-electron chi connectivity index (χ1n) is 4.63. The number of esters is 1. The second-order valence-corrected chi connectivity index (χ2v) is 3.42. The summed E-state index contributed by atoms with van der Waals surface area (Å²) in [5, 5.41) is 0. The molecule has 0 aliphatic heterocycles. The lowest BCUT2D eigenvalue weighted by molar-refractivity contribution is -0.141. The molecular weight excluding hydrogens is 168 g/mol. The Hall–Kier alpha value is -0.570. The Kier molecular flexibility index (Phi) is 13.1. The van der Waals surface area contributed by atoms with Gasteiger partial charge in [-0.15, -0.1) is 0 Å². The molecule has 3 heteroatoms. The van der Waals surface area contributed by atoms with E-state index in [2.05, 4.69) is 25.5 Å². The lowest BCUT2D eigenvalue weighted by Crippen LogP contribution is -2.02. The summed E-state index contributed by atoms with van der Waals surface area (Å²) in [7, 11) is 1.62. The SMILES string of the molecule is CC(C)C.COCCCOC(C)=O. The zero-order valence-electron chi connectivity index (χ0n) is 9.42. The smallest absolute Gasteiger partial charge is 0.302 e. The maximum atomic E-state index is 10.1. The second-order valence-electron chi connectivity index (χ2n) is 3.42. The van der Waals surface area contributed by atoms with Crippen molar-refractivity contribution in [2.24, 2.45) is 5.92 Å². The Morgan fingerprint density at radius 1 is 1.23 bits per heavy atom. The summed E-state index contributed by atoms with van der Waals surface area (Å²) in [6.45, 7) is 9.00. The molecule has 0 atom stereocenters. The van der Waals surface area contributed by atoms with Gasteiger partial charge < -0.3 is 9.47 Å². The van der Waals surface area contributed by atoms with E-state index in [1.807, 2.05) is 0 Å². The van der Waals surface area contributed by atoms with Gasteiger partial charge in [0.05, 0.1) is 6.61 Å². The number of rotatable bonds is 4. The maximum absolute atomic E-state index is 10.1. The zero-order valence-corrected chi connectivity index (χ0v) is 9.42. The van der Waals surface area contributed by atoms with Crippen molar-refractivity contribution in [2.45, 2.75) is 34.1 Å². The molecule has 0 aromatic carbocycles. The molecule has 0 aliphatic rings. The minimum Gasteiger partial charge on any atom is -0.466 e. The largest absolute Gasteiger partial charge is 0.466 e. The highest BCUT2D eigenvalue weighted by Gasteiger charge is 1.90. The Morgan fingerprint density at radius 2 is 1.69 bits per heavy atom. The van der Waals surface area contributed by atoms with Crippen LogP contribution < -0.4 is 0 Å². The highest BCUT2D eigenvalue weighted by molar-refractivity contribution is 5.65. The molecule has 0 rings (SSSR count). The average Bonchev–Trinajstić information content (AvgIpc) is 1.97. The highest BCUT2D eigenvalue weighted by Crippen LogP contribution is 1.83. The zero-order chi connectivity index (χ0) is 10.7. The van der Waals surface area contributed by atoms with Crippen LogP contribution in [0.4, 0.5) is 0 Å². The molecule has 0 aliphatic carbocycles. The van der Waals surface area contributed by atoms with Gasteiger partial charge in [-0.1, -0.05) is 20.8 Å². The third-order valence-electron chi connectivity index (χ3n) is 0.798. The molecule has 0 fully saturated rings. The minimum atomic E-state index is -0.230. The van der Waals surface area contributed by atoms with Crippen LogP contribution in [0.5, 0.6) is 0 Å². The van der Waals surface area contributed by atoms with Gasteiger partial charge in [-0.05, 0) is 5.92 Å². The fourth-order valence-corrected chi connectivity index (χ4v) is 0.419. The third-order valence-corrected chi connectivity index (χ3v) is 0.798. The van der Waals surface area contributed by atoms with E-state index in [0.717, 1.165) is 12.3 Å². The fourth-order valence-electron chi connectivity index (χ4n) is 0.419. The van der Waals surface area contributed by atoms with Crippen molar-refractivity contribution >= 4 is 5.97 Å². The van der Waals surface area contributed by atoms with Crippen molar-refractivity contribution in [1.29, 1.82) is 0 Å². The highest BCUT2D eigenvalue weighted by atomic mass is 16.5. The van der Waals surface area contributed by atoms with Crippen molar-refractivity contribution < 1.29 is 14.3 Å². The molecule has 0 N–H and O–H groups in total. The van der Waals surface area contributed by atoms with Crippen LogP contribution in [0.2, 0.25) is 0 Å². The molecule has 0 aromatic heterocycles. The molecule has 0 heterocycles. The summed E-state index contributed by atoms with van der Waals surface area (Å²) in [4.78, 5) is 10.1. The summed E-state index contributed by atoms with van der Waals surface area (Å²) < 4.78 is 9.36. The predicted octanol–water partition coefficient (Wildman–Crippen LogP) is 2.25. The molecule has 0 spiro atoms. The third kappa shape index (κ3) is 34.5. The van der Waals surface area contributed by atoms with Crippen LogP contribution in [0.3, 0.4) is 0 Å². The molecule has 0 saturated heterocycles. The molecule has 0 bridgehead atoms. The summed E-state index contributed by atoms with van der Waals surface area (Å²) >= 11 is 0. The standard InChI is InChI=1S/C6H12O3.C4H10/c1-6(7)9-5-3-4-8-2;1-4(2)3/h3-5H2,1-2H3;4H,1-3H3. The number of hydrogen-bond acceptors (Lipinski definition) is 3. The van der Waals surface area contributed by atoms with E-state index < -0.39 is 0 Å². The van der Waals surface area contributed by atoms with E-state index in [1.165, 1.54) is 6.92 Å². The first-order valence-corrected chi connectivity index (χ1v) is 4.63. The molecule has 80 valence electrons.